The van der Waals surface area contributed by atoms with Gasteiger partial charge in [-0.3, -0.25) is 9.89 Å². The predicted molar refractivity (Wildman–Crippen MR) is 66.4 cm³/mol. The lowest BCUT2D eigenvalue weighted by molar-refractivity contribution is 0.0613. The number of aromatic hydroxyl groups is 1. The number of H-pyrrole nitrogens is 1. The Hall–Kier alpha value is -2.34. The number of nitrogens with zero attached hydrogens (tertiary/aromatic N) is 2. The van der Waals surface area contributed by atoms with Crippen molar-refractivity contribution in [2.75, 3.05) is 6.61 Å². The fourth-order valence-corrected chi connectivity index (χ4v) is 2.40. The topological polar surface area (TPSA) is 89.5 Å². The molecule has 98 valence electrons. The summed E-state index contributed by atoms with van der Waals surface area (Å²) in [5.74, 6) is -0.176. The summed E-state index contributed by atoms with van der Waals surface area (Å²) in [6.07, 6.45) is 1.63. The molecule has 0 saturated carbocycles. The van der Waals surface area contributed by atoms with Crippen molar-refractivity contribution in [2.24, 2.45) is 0 Å². The molecule has 6 nitrogen and oxygen atoms in total. The molecule has 0 radical (unpaired) electrons. The van der Waals surface area contributed by atoms with E-state index in [2.05, 4.69) is 10.2 Å². The van der Waals surface area contributed by atoms with Gasteiger partial charge >= 0.3 is 0 Å². The Kier molecular flexibility index (Phi) is 2.72. The molecule has 1 aliphatic heterocycles. The van der Waals surface area contributed by atoms with Gasteiger partial charge in [0.05, 0.1) is 31.1 Å². The number of phenolic OH excluding ortho intramolecular Hbond substituents is 1. The van der Waals surface area contributed by atoms with Gasteiger partial charge in [0.15, 0.2) is 0 Å². The van der Waals surface area contributed by atoms with Gasteiger partial charge in [0.1, 0.15) is 5.75 Å². The molecule has 1 aliphatic rings. The van der Waals surface area contributed by atoms with E-state index in [1.807, 2.05) is 0 Å². The highest BCUT2D eigenvalue weighted by Crippen LogP contribution is 2.33. The van der Waals surface area contributed by atoms with E-state index in [0.29, 0.717) is 12.1 Å². The van der Waals surface area contributed by atoms with Gasteiger partial charge in [-0.2, -0.15) is 5.10 Å². The molecular formula is C13H13N3O3. The molecule has 3 N–H and O–H groups in total. The highest BCUT2D eigenvalue weighted by atomic mass is 16.3. The summed E-state index contributed by atoms with van der Waals surface area (Å²) in [6, 6.07) is 5.80. The fraction of sp³-hybridized carbons (Fsp3) is 0.231. The van der Waals surface area contributed by atoms with Gasteiger partial charge in [-0.05, 0) is 18.2 Å². The number of carbonyl (C=O) groups excluding carboxylic acids is 1. The first-order valence-corrected chi connectivity index (χ1v) is 5.93. The number of hydrogen-bond acceptors (Lipinski definition) is 4. The molecule has 1 aromatic heterocycles. The summed E-state index contributed by atoms with van der Waals surface area (Å²) in [5.41, 5.74) is 2.08. The van der Waals surface area contributed by atoms with Crippen LogP contribution in [0.3, 0.4) is 0 Å². The second-order valence-corrected chi connectivity index (χ2v) is 4.49. The number of hydrogen-bond donors (Lipinski definition) is 3. The standard InChI is InChI=1S/C13H13N3O3/c17-7-12-10-5-14-15-11(10)6-16(12)13(19)8-2-1-3-9(18)4-8/h1-5,12,17-18H,6-7H2,(H,14,15). The summed E-state index contributed by atoms with van der Waals surface area (Å²) in [6.45, 7) is 0.228. The van der Waals surface area contributed by atoms with Crippen molar-refractivity contribution in [3.8, 4) is 5.75 Å². The van der Waals surface area contributed by atoms with Gasteiger partial charge in [-0.1, -0.05) is 6.07 Å². The van der Waals surface area contributed by atoms with E-state index in [9.17, 15) is 15.0 Å². The number of aromatic amines is 1. The minimum Gasteiger partial charge on any atom is -0.508 e. The molecule has 19 heavy (non-hydrogen) atoms. The van der Waals surface area contributed by atoms with Gasteiger partial charge in [-0.15, -0.1) is 0 Å². The molecule has 2 aromatic rings. The van der Waals surface area contributed by atoms with Crippen LogP contribution in [0.1, 0.15) is 27.7 Å². The second kappa shape index (κ2) is 4.40. The van der Waals surface area contributed by atoms with Crippen molar-refractivity contribution < 1.29 is 15.0 Å². The van der Waals surface area contributed by atoms with E-state index in [4.69, 9.17) is 0 Å². The Morgan fingerprint density at radius 1 is 1.53 bits per heavy atom. The van der Waals surface area contributed by atoms with Crippen molar-refractivity contribution >= 4 is 5.91 Å². The average Bonchev–Trinajstić information content (AvgIpc) is 2.97. The fourth-order valence-electron chi connectivity index (χ4n) is 2.40. The van der Waals surface area contributed by atoms with Crippen LogP contribution in [0, 0.1) is 0 Å². The van der Waals surface area contributed by atoms with Gasteiger partial charge in [0, 0.05) is 11.1 Å². The number of fused-ring (bicyclic) bond motifs is 1. The van der Waals surface area contributed by atoms with Crippen LogP contribution in [-0.2, 0) is 6.54 Å². The first-order chi connectivity index (χ1) is 9.20. The molecule has 0 spiro atoms. The second-order valence-electron chi connectivity index (χ2n) is 4.49. The summed E-state index contributed by atoms with van der Waals surface area (Å²) < 4.78 is 0. The number of phenols is 1. The molecule has 0 bridgehead atoms. The quantitative estimate of drug-likeness (QED) is 0.744. The molecule has 0 saturated heterocycles. The molecule has 1 atom stereocenters. The molecule has 2 heterocycles. The smallest absolute Gasteiger partial charge is 0.254 e. The monoisotopic (exact) mass is 259 g/mol. The molecule has 1 aromatic carbocycles. The zero-order chi connectivity index (χ0) is 13.4. The zero-order valence-electron chi connectivity index (χ0n) is 10.1. The number of rotatable bonds is 2. The van der Waals surface area contributed by atoms with Crippen LogP contribution in [0.15, 0.2) is 30.5 Å². The molecule has 6 heteroatoms. The van der Waals surface area contributed by atoms with Gasteiger partial charge in [0.2, 0.25) is 0 Å². The summed E-state index contributed by atoms with van der Waals surface area (Å²) >= 11 is 0. The third-order valence-corrected chi connectivity index (χ3v) is 3.34. The largest absolute Gasteiger partial charge is 0.508 e. The van der Waals surface area contributed by atoms with Crippen LogP contribution < -0.4 is 0 Å². The van der Waals surface area contributed by atoms with Crippen LogP contribution in [0.4, 0.5) is 0 Å². The Balaban J connectivity index is 1.91. The van der Waals surface area contributed by atoms with Crippen molar-refractivity contribution in [3.05, 3.63) is 47.3 Å². The Morgan fingerprint density at radius 3 is 3.11 bits per heavy atom. The highest BCUT2D eigenvalue weighted by molar-refractivity contribution is 5.95. The van der Waals surface area contributed by atoms with Crippen LogP contribution in [-0.4, -0.2) is 37.8 Å². The van der Waals surface area contributed by atoms with Gasteiger partial charge in [0.25, 0.3) is 5.91 Å². The van der Waals surface area contributed by atoms with Gasteiger partial charge < -0.3 is 15.1 Å². The maximum atomic E-state index is 12.4. The Morgan fingerprint density at radius 2 is 2.37 bits per heavy atom. The summed E-state index contributed by atoms with van der Waals surface area (Å²) in [7, 11) is 0. The van der Waals surface area contributed by atoms with Crippen molar-refractivity contribution in [2.45, 2.75) is 12.6 Å². The lowest BCUT2D eigenvalue weighted by atomic mass is 10.1. The first-order valence-electron chi connectivity index (χ1n) is 5.93. The average molecular weight is 259 g/mol. The van der Waals surface area contributed by atoms with Crippen molar-refractivity contribution in [3.63, 3.8) is 0 Å². The number of benzene rings is 1. The maximum absolute atomic E-state index is 12.4. The van der Waals surface area contributed by atoms with Crippen LogP contribution in [0.2, 0.25) is 0 Å². The van der Waals surface area contributed by atoms with Crippen LogP contribution in [0.5, 0.6) is 5.75 Å². The number of aromatic nitrogens is 2. The lowest BCUT2D eigenvalue weighted by Gasteiger charge is -2.23. The lowest BCUT2D eigenvalue weighted by Crippen LogP contribution is -2.31. The molecule has 1 amide bonds. The number of aliphatic hydroxyl groups excluding tert-OH is 1. The third kappa shape index (κ3) is 1.86. The number of aliphatic hydroxyl groups is 1. The predicted octanol–water partition coefficient (Wildman–Crippen LogP) is 0.805. The molecule has 0 fully saturated rings. The van der Waals surface area contributed by atoms with E-state index >= 15 is 0 Å². The molecule has 1 unspecified atom stereocenters. The zero-order valence-corrected chi connectivity index (χ0v) is 10.1. The van der Waals surface area contributed by atoms with E-state index in [1.165, 1.54) is 12.1 Å². The van der Waals surface area contributed by atoms with Gasteiger partial charge in [-0.25, -0.2) is 0 Å². The maximum Gasteiger partial charge on any atom is 0.254 e. The number of amides is 1. The molecule has 3 rings (SSSR count). The Labute approximate surface area is 109 Å². The van der Waals surface area contributed by atoms with E-state index in [0.717, 1.165) is 11.3 Å². The van der Waals surface area contributed by atoms with Crippen molar-refractivity contribution in [1.29, 1.82) is 0 Å². The first kappa shape index (κ1) is 11.7. The van der Waals surface area contributed by atoms with E-state index in [1.54, 1.807) is 23.2 Å². The third-order valence-electron chi connectivity index (χ3n) is 3.34. The summed E-state index contributed by atoms with van der Waals surface area (Å²) in [4.78, 5) is 14.0. The normalized spacial score (nSPS) is 17.5. The van der Waals surface area contributed by atoms with Crippen LogP contribution >= 0.6 is 0 Å². The van der Waals surface area contributed by atoms with Crippen LogP contribution in [0.25, 0.3) is 0 Å². The Bertz CT molecular complexity index is 623. The number of carbonyl (C=O) groups is 1. The van der Waals surface area contributed by atoms with E-state index < -0.39 is 0 Å². The van der Waals surface area contributed by atoms with Crippen molar-refractivity contribution in [1.82, 2.24) is 15.1 Å². The SMILES string of the molecule is O=C(c1cccc(O)c1)N1Cc2[nH]ncc2C1CO. The number of nitrogens with one attached hydrogen (secondary N) is 1. The minimum atomic E-state index is -0.386. The molecule has 0 aliphatic carbocycles. The minimum absolute atomic E-state index is 0.0470. The van der Waals surface area contributed by atoms with E-state index in [-0.39, 0.29) is 24.3 Å². The summed E-state index contributed by atoms with van der Waals surface area (Å²) in [5, 5.41) is 25.6. The highest BCUT2D eigenvalue weighted by Gasteiger charge is 2.35. The molecular weight excluding hydrogens is 246 g/mol.